The fraction of sp³-hybridized carbons (Fsp3) is 0.556. The lowest BCUT2D eigenvalue weighted by Gasteiger charge is -2.24. The van der Waals surface area contributed by atoms with E-state index in [1.54, 1.807) is 6.20 Å². The first-order chi connectivity index (χ1) is 7.63. The maximum Gasteiger partial charge on any atom is 0.239 e. The maximum atomic E-state index is 5.37. The number of halogens is 1. The Morgan fingerprint density at radius 2 is 2.44 bits per heavy atom. The van der Waals surface area contributed by atoms with Gasteiger partial charge in [-0.3, -0.25) is 5.43 Å². The summed E-state index contributed by atoms with van der Waals surface area (Å²) in [5, 5.41) is 3.34. The van der Waals surface area contributed by atoms with Crippen LogP contribution in [0.3, 0.4) is 0 Å². The molecule has 0 aromatic carbocycles. The Morgan fingerprint density at radius 3 is 3.06 bits per heavy atom. The van der Waals surface area contributed by atoms with Crippen LogP contribution in [0.2, 0.25) is 0 Å². The topological polar surface area (TPSA) is 85.1 Å². The Morgan fingerprint density at radius 1 is 1.62 bits per heavy atom. The summed E-state index contributed by atoms with van der Waals surface area (Å²) in [5.41, 5.74) is 2.34. The van der Waals surface area contributed by atoms with E-state index >= 15 is 0 Å². The van der Waals surface area contributed by atoms with Crippen LogP contribution in [0.15, 0.2) is 10.7 Å². The molecule has 0 saturated carbocycles. The van der Waals surface area contributed by atoms with Gasteiger partial charge in [-0.1, -0.05) is 0 Å². The molecule has 1 aliphatic heterocycles. The van der Waals surface area contributed by atoms with Crippen molar-refractivity contribution < 1.29 is 4.74 Å². The molecule has 1 fully saturated rings. The predicted molar refractivity (Wildman–Crippen MR) is 65.0 cm³/mol. The van der Waals surface area contributed by atoms with E-state index in [0.29, 0.717) is 12.6 Å². The molecule has 1 saturated heterocycles. The van der Waals surface area contributed by atoms with E-state index in [9.17, 15) is 0 Å². The molecule has 6 nitrogen and oxygen atoms in total. The molecule has 88 valence electrons. The highest BCUT2D eigenvalue weighted by atomic mass is 79.9. The number of rotatable bonds is 3. The largest absolute Gasteiger partial charge is 0.379 e. The van der Waals surface area contributed by atoms with Gasteiger partial charge in [0.1, 0.15) is 5.82 Å². The van der Waals surface area contributed by atoms with Crippen molar-refractivity contribution in [1.29, 1.82) is 0 Å². The maximum absolute atomic E-state index is 5.37. The van der Waals surface area contributed by atoms with Gasteiger partial charge in [0.2, 0.25) is 5.95 Å². The normalized spacial score (nSPS) is 24.4. The quantitative estimate of drug-likeness (QED) is 0.571. The second kappa shape index (κ2) is 4.52. The lowest BCUT2D eigenvalue weighted by Crippen LogP contribution is -2.35. The van der Waals surface area contributed by atoms with Crippen molar-refractivity contribution >= 4 is 27.7 Å². The van der Waals surface area contributed by atoms with Crippen molar-refractivity contribution in [3.05, 3.63) is 10.7 Å². The van der Waals surface area contributed by atoms with Crippen LogP contribution in [0.25, 0.3) is 0 Å². The van der Waals surface area contributed by atoms with Crippen molar-refractivity contribution in [2.75, 3.05) is 24.0 Å². The number of hydrogen-bond acceptors (Lipinski definition) is 6. The molecule has 2 heterocycles. The summed E-state index contributed by atoms with van der Waals surface area (Å²) >= 11 is 3.39. The van der Waals surface area contributed by atoms with Gasteiger partial charge in [-0.25, -0.2) is 10.8 Å². The molecule has 0 bridgehead atoms. The van der Waals surface area contributed by atoms with E-state index in [0.717, 1.165) is 23.3 Å². The van der Waals surface area contributed by atoms with Crippen molar-refractivity contribution in [1.82, 2.24) is 9.97 Å². The Balaban J connectivity index is 2.19. The number of nitrogens with one attached hydrogen (secondary N) is 2. The van der Waals surface area contributed by atoms with Crippen LogP contribution >= 0.6 is 15.9 Å². The highest BCUT2D eigenvalue weighted by Gasteiger charge is 2.30. The molecule has 0 aliphatic carbocycles. The van der Waals surface area contributed by atoms with Gasteiger partial charge in [0.15, 0.2) is 0 Å². The van der Waals surface area contributed by atoms with E-state index in [2.05, 4.69) is 43.6 Å². The Kier molecular flexibility index (Phi) is 3.27. The summed E-state index contributed by atoms with van der Waals surface area (Å²) in [4.78, 5) is 8.23. The van der Waals surface area contributed by atoms with Crippen LogP contribution < -0.4 is 16.6 Å². The zero-order valence-corrected chi connectivity index (χ0v) is 10.5. The van der Waals surface area contributed by atoms with Crippen LogP contribution in [0.5, 0.6) is 0 Å². The Labute approximate surface area is 102 Å². The SMILES string of the molecule is CC1(Nc2nc(NN)ncc2Br)CCOC1. The number of aromatic nitrogens is 2. The van der Waals surface area contributed by atoms with Gasteiger partial charge < -0.3 is 10.1 Å². The number of anilines is 2. The molecular weight excluding hydrogens is 274 g/mol. The molecule has 4 N–H and O–H groups in total. The average molecular weight is 288 g/mol. The lowest BCUT2D eigenvalue weighted by molar-refractivity contribution is 0.185. The van der Waals surface area contributed by atoms with Crippen molar-refractivity contribution in [2.45, 2.75) is 18.9 Å². The van der Waals surface area contributed by atoms with Crippen LogP contribution in [0.1, 0.15) is 13.3 Å². The lowest BCUT2D eigenvalue weighted by atomic mass is 10.0. The van der Waals surface area contributed by atoms with E-state index < -0.39 is 0 Å². The minimum atomic E-state index is -0.0806. The summed E-state index contributed by atoms with van der Waals surface area (Å²) in [6.45, 7) is 3.55. The first kappa shape index (κ1) is 11.6. The standard InChI is InChI=1S/C9H14BrN5O/c1-9(2-3-16-5-9)14-7-6(10)4-12-8(13-7)15-11/h4H,2-3,5,11H2,1H3,(H2,12,13,14,15). The van der Waals surface area contributed by atoms with Gasteiger partial charge in [0.05, 0.1) is 16.6 Å². The highest BCUT2D eigenvalue weighted by Crippen LogP contribution is 2.27. The third-order valence-corrected chi connectivity index (χ3v) is 3.09. The fourth-order valence-electron chi connectivity index (χ4n) is 1.58. The summed E-state index contributed by atoms with van der Waals surface area (Å²) in [6, 6.07) is 0. The first-order valence-electron chi connectivity index (χ1n) is 4.98. The van der Waals surface area contributed by atoms with Gasteiger partial charge in [0.25, 0.3) is 0 Å². The van der Waals surface area contributed by atoms with Crippen LogP contribution in [-0.4, -0.2) is 28.7 Å². The molecule has 0 spiro atoms. The Bertz CT molecular complexity index is 380. The van der Waals surface area contributed by atoms with Crippen molar-refractivity contribution in [3.8, 4) is 0 Å². The fourth-order valence-corrected chi connectivity index (χ4v) is 1.87. The van der Waals surface area contributed by atoms with E-state index in [1.165, 1.54) is 0 Å². The smallest absolute Gasteiger partial charge is 0.239 e. The van der Waals surface area contributed by atoms with Gasteiger partial charge in [0, 0.05) is 12.8 Å². The molecule has 2 rings (SSSR count). The molecule has 1 aromatic rings. The summed E-state index contributed by atoms with van der Waals surface area (Å²) in [6.07, 6.45) is 2.61. The second-order valence-electron chi connectivity index (χ2n) is 4.02. The van der Waals surface area contributed by atoms with E-state index in [-0.39, 0.29) is 5.54 Å². The number of nitrogens with zero attached hydrogens (tertiary/aromatic N) is 2. The second-order valence-corrected chi connectivity index (χ2v) is 4.88. The van der Waals surface area contributed by atoms with Crippen LogP contribution in [-0.2, 0) is 4.74 Å². The molecule has 1 aliphatic rings. The third-order valence-electron chi connectivity index (χ3n) is 2.51. The summed E-state index contributed by atoms with van der Waals surface area (Å²) in [5.74, 6) is 6.37. The first-order valence-corrected chi connectivity index (χ1v) is 5.77. The molecule has 0 radical (unpaired) electrons. The number of nitrogens with two attached hydrogens (primary N) is 1. The average Bonchev–Trinajstić information content (AvgIpc) is 2.68. The summed E-state index contributed by atoms with van der Waals surface area (Å²) in [7, 11) is 0. The van der Waals surface area contributed by atoms with Gasteiger partial charge >= 0.3 is 0 Å². The van der Waals surface area contributed by atoms with Crippen molar-refractivity contribution in [2.24, 2.45) is 5.84 Å². The van der Waals surface area contributed by atoms with E-state index in [1.807, 2.05) is 0 Å². The number of hydrazine groups is 1. The van der Waals surface area contributed by atoms with Gasteiger partial charge in [-0.2, -0.15) is 4.98 Å². The van der Waals surface area contributed by atoms with Gasteiger partial charge in [-0.15, -0.1) is 0 Å². The van der Waals surface area contributed by atoms with Crippen LogP contribution in [0, 0.1) is 0 Å². The monoisotopic (exact) mass is 287 g/mol. The highest BCUT2D eigenvalue weighted by molar-refractivity contribution is 9.10. The Hall–Kier alpha value is -0.920. The molecule has 1 unspecified atom stereocenters. The van der Waals surface area contributed by atoms with Gasteiger partial charge in [-0.05, 0) is 29.3 Å². The molecule has 7 heteroatoms. The zero-order chi connectivity index (χ0) is 11.6. The molecule has 1 aromatic heterocycles. The predicted octanol–water partition coefficient (Wildman–Crippen LogP) is 1.12. The third kappa shape index (κ3) is 2.42. The zero-order valence-electron chi connectivity index (χ0n) is 8.96. The summed E-state index contributed by atoms with van der Waals surface area (Å²) < 4.78 is 6.17. The molecule has 16 heavy (non-hydrogen) atoms. The van der Waals surface area contributed by atoms with E-state index in [4.69, 9.17) is 10.6 Å². The number of hydrogen-bond donors (Lipinski definition) is 3. The minimum absolute atomic E-state index is 0.0806. The molecule has 1 atom stereocenters. The molecular formula is C9H14BrN5O. The van der Waals surface area contributed by atoms with Crippen molar-refractivity contribution in [3.63, 3.8) is 0 Å². The number of ether oxygens (including phenoxy) is 1. The molecule has 0 amide bonds. The minimum Gasteiger partial charge on any atom is -0.379 e. The number of nitrogen functional groups attached to an aromatic ring is 1. The van der Waals surface area contributed by atoms with Crippen LogP contribution in [0.4, 0.5) is 11.8 Å².